The number of para-hydroxylation sites is 2. The molecule has 1 amide bonds. The number of nitrogens with one attached hydrogen (secondary N) is 1. The van der Waals surface area contributed by atoms with Gasteiger partial charge < -0.3 is 19.6 Å². The number of aryl methyl sites for hydroxylation is 1. The highest BCUT2D eigenvalue weighted by molar-refractivity contribution is 7.91. The average molecular weight is 631 g/mol. The highest BCUT2D eigenvalue weighted by Crippen LogP contribution is 2.28. The minimum Gasteiger partial charge on any atom is -0.480 e. The molecule has 0 aliphatic heterocycles. The van der Waals surface area contributed by atoms with E-state index in [4.69, 9.17) is 25.9 Å². The normalized spacial score (nSPS) is 11.6. The Morgan fingerprint density at radius 1 is 0.955 bits per heavy atom. The van der Waals surface area contributed by atoms with E-state index in [2.05, 4.69) is 10.3 Å². The second-order valence-corrected chi connectivity index (χ2v) is 12.4. The molecule has 0 unspecified atom stereocenters. The second kappa shape index (κ2) is 13.6. The summed E-state index contributed by atoms with van der Waals surface area (Å²) in [5.74, 6) is -1.09. The van der Waals surface area contributed by atoms with Crippen molar-refractivity contribution < 1.29 is 32.3 Å². The highest BCUT2D eigenvalue weighted by atomic mass is 35.5. The largest absolute Gasteiger partial charge is 0.480 e. The Bertz CT molecular complexity index is 1920. The van der Waals surface area contributed by atoms with E-state index in [1.807, 2.05) is 30.3 Å². The summed E-state index contributed by atoms with van der Waals surface area (Å²) in [6.45, 7) is -0.600. The number of aliphatic carboxylic acids is 1. The number of halogens is 1. The number of hydrogen-bond donors (Lipinski definition) is 2. The lowest BCUT2D eigenvalue weighted by Crippen LogP contribution is -2.15. The van der Waals surface area contributed by atoms with Gasteiger partial charge >= 0.3 is 5.97 Å². The first-order chi connectivity index (χ1) is 21.2. The van der Waals surface area contributed by atoms with Gasteiger partial charge in [0.15, 0.2) is 22.0 Å². The summed E-state index contributed by atoms with van der Waals surface area (Å²) < 4.78 is 36.5. The van der Waals surface area contributed by atoms with Crippen LogP contribution < -0.4 is 10.1 Å². The lowest BCUT2D eigenvalue weighted by molar-refractivity contribution is -0.139. The number of carbonyl (C=O) groups excluding carboxylic acids is 1. The van der Waals surface area contributed by atoms with Crippen molar-refractivity contribution in [3.05, 3.63) is 119 Å². The van der Waals surface area contributed by atoms with Gasteiger partial charge in [-0.15, -0.1) is 0 Å². The molecule has 0 bridgehead atoms. The zero-order chi connectivity index (χ0) is 31.1. The van der Waals surface area contributed by atoms with Crippen LogP contribution in [0.5, 0.6) is 5.75 Å². The maximum absolute atomic E-state index is 13.3. The van der Waals surface area contributed by atoms with Gasteiger partial charge in [0.2, 0.25) is 5.89 Å². The first kappa shape index (κ1) is 30.5. The molecule has 11 heteroatoms. The van der Waals surface area contributed by atoms with Crippen LogP contribution in [-0.4, -0.2) is 42.7 Å². The number of ether oxygens (including phenoxy) is 1. The summed E-state index contributed by atoms with van der Waals surface area (Å²) in [5.41, 5.74) is 3.51. The Labute approximate surface area is 258 Å². The summed E-state index contributed by atoms with van der Waals surface area (Å²) in [4.78, 5) is 29.0. The van der Waals surface area contributed by atoms with E-state index in [1.54, 1.807) is 48.6 Å². The van der Waals surface area contributed by atoms with Crippen LogP contribution >= 0.6 is 11.6 Å². The van der Waals surface area contributed by atoms with Crippen molar-refractivity contribution in [2.45, 2.75) is 17.7 Å². The number of rotatable bonds is 12. The van der Waals surface area contributed by atoms with Crippen LogP contribution in [0.3, 0.4) is 0 Å². The fourth-order valence-electron chi connectivity index (χ4n) is 4.43. The SMILES string of the molecule is O=C(O)COc1ccc(CCCS(=O)(=O)c2ccc(Cl)cc2)cc1NC(=O)c1cccc(C=Cc2nc3ccccc3o2)c1. The van der Waals surface area contributed by atoms with Gasteiger partial charge in [-0.05, 0) is 90.7 Å². The van der Waals surface area contributed by atoms with Crippen molar-refractivity contribution >= 4 is 62.3 Å². The van der Waals surface area contributed by atoms with Crippen molar-refractivity contribution in [3.63, 3.8) is 0 Å². The van der Waals surface area contributed by atoms with Crippen molar-refractivity contribution in [3.8, 4) is 5.75 Å². The first-order valence-electron chi connectivity index (χ1n) is 13.6. The summed E-state index contributed by atoms with van der Waals surface area (Å²) in [5, 5.41) is 12.3. The summed E-state index contributed by atoms with van der Waals surface area (Å²) >= 11 is 5.87. The topological polar surface area (TPSA) is 136 Å². The molecule has 44 heavy (non-hydrogen) atoms. The Morgan fingerprint density at radius 2 is 1.75 bits per heavy atom. The van der Waals surface area contributed by atoms with Crippen molar-refractivity contribution in [2.24, 2.45) is 0 Å². The van der Waals surface area contributed by atoms with E-state index >= 15 is 0 Å². The Morgan fingerprint density at radius 3 is 2.52 bits per heavy atom. The van der Waals surface area contributed by atoms with Crippen LogP contribution in [0.25, 0.3) is 23.3 Å². The zero-order valence-electron chi connectivity index (χ0n) is 23.3. The van der Waals surface area contributed by atoms with Crippen LogP contribution in [0.15, 0.2) is 100 Å². The third-order valence-electron chi connectivity index (χ3n) is 6.57. The molecule has 5 aromatic rings. The first-order valence-corrected chi connectivity index (χ1v) is 15.6. The molecule has 1 heterocycles. The minimum absolute atomic E-state index is 0.0859. The van der Waals surface area contributed by atoms with Crippen molar-refractivity contribution in [2.75, 3.05) is 17.7 Å². The number of oxazole rings is 1. The molecule has 4 aromatic carbocycles. The van der Waals surface area contributed by atoms with E-state index in [9.17, 15) is 18.0 Å². The molecule has 0 aliphatic rings. The van der Waals surface area contributed by atoms with Crippen LogP contribution in [0.4, 0.5) is 5.69 Å². The lowest BCUT2D eigenvalue weighted by Gasteiger charge is -2.14. The van der Waals surface area contributed by atoms with Crippen molar-refractivity contribution in [1.29, 1.82) is 0 Å². The Hall–Kier alpha value is -4.93. The molecule has 0 atom stereocenters. The van der Waals surface area contributed by atoms with E-state index in [-0.39, 0.29) is 22.1 Å². The number of carboxylic acids is 1. The molecule has 0 spiro atoms. The zero-order valence-corrected chi connectivity index (χ0v) is 24.8. The Kier molecular flexibility index (Phi) is 9.42. The second-order valence-electron chi connectivity index (χ2n) is 9.82. The molecular weight excluding hydrogens is 604 g/mol. The van der Waals surface area contributed by atoms with Gasteiger partial charge in [-0.2, -0.15) is 0 Å². The highest BCUT2D eigenvalue weighted by Gasteiger charge is 2.16. The quantitative estimate of drug-likeness (QED) is 0.154. The third-order valence-corrected chi connectivity index (χ3v) is 8.64. The molecule has 224 valence electrons. The van der Waals surface area contributed by atoms with E-state index in [1.165, 1.54) is 24.3 Å². The minimum atomic E-state index is -3.51. The number of anilines is 1. The van der Waals surface area contributed by atoms with E-state index < -0.39 is 28.3 Å². The molecular formula is C33H27ClN2O7S. The Balaban J connectivity index is 1.29. The van der Waals surface area contributed by atoms with Crippen LogP contribution in [0.2, 0.25) is 5.02 Å². The maximum Gasteiger partial charge on any atom is 0.341 e. The summed E-state index contributed by atoms with van der Waals surface area (Å²) in [7, 11) is -3.51. The van der Waals surface area contributed by atoms with Gasteiger partial charge in [-0.3, -0.25) is 4.79 Å². The molecule has 5 rings (SSSR count). The average Bonchev–Trinajstić information content (AvgIpc) is 3.43. The summed E-state index contributed by atoms with van der Waals surface area (Å²) in [6.07, 6.45) is 4.21. The smallest absolute Gasteiger partial charge is 0.341 e. The van der Waals surface area contributed by atoms with Gasteiger partial charge in [0.25, 0.3) is 5.91 Å². The number of hydrogen-bond acceptors (Lipinski definition) is 7. The van der Waals surface area contributed by atoms with Crippen molar-refractivity contribution in [1.82, 2.24) is 4.98 Å². The summed E-state index contributed by atoms with van der Waals surface area (Å²) in [6, 6.07) is 25.3. The molecule has 0 saturated heterocycles. The molecule has 0 fully saturated rings. The standard InChI is InChI=1S/C33H27ClN2O7S/c34-25-12-14-26(15-13-25)44(40,41)18-4-6-23-10-16-29(42-21-32(37)38)28(20-23)36-33(39)24-7-3-5-22(19-24)11-17-31-35-27-8-1-2-9-30(27)43-31/h1-3,5,7-17,19-20H,4,6,18,21H2,(H,36,39)(H,37,38). The number of benzene rings is 4. The van der Waals surface area contributed by atoms with Gasteiger partial charge in [0, 0.05) is 16.7 Å². The van der Waals surface area contributed by atoms with E-state index in [0.29, 0.717) is 34.9 Å². The number of carboxylic acid groups (broad SMARTS) is 1. The number of nitrogens with zero attached hydrogens (tertiary/aromatic N) is 1. The number of aromatic nitrogens is 1. The monoisotopic (exact) mass is 630 g/mol. The number of amides is 1. The molecule has 9 nitrogen and oxygen atoms in total. The van der Waals surface area contributed by atoms with Crippen LogP contribution in [-0.2, 0) is 21.1 Å². The van der Waals surface area contributed by atoms with Crippen LogP contribution in [0.1, 0.15) is 33.8 Å². The van der Waals surface area contributed by atoms with Gasteiger partial charge in [0.05, 0.1) is 16.3 Å². The number of carbonyl (C=O) groups is 2. The molecule has 0 radical (unpaired) electrons. The fourth-order valence-corrected chi connectivity index (χ4v) is 5.87. The molecule has 0 aliphatic carbocycles. The number of sulfone groups is 1. The van der Waals surface area contributed by atoms with E-state index in [0.717, 1.165) is 16.6 Å². The fraction of sp³-hybridized carbons (Fsp3) is 0.121. The number of fused-ring (bicyclic) bond motifs is 1. The van der Waals surface area contributed by atoms with Gasteiger partial charge in [0.1, 0.15) is 11.3 Å². The van der Waals surface area contributed by atoms with Crippen LogP contribution in [0, 0.1) is 0 Å². The lowest BCUT2D eigenvalue weighted by atomic mass is 10.1. The maximum atomic E-state index is 13.3. The molecule has 0 saturated carbocycles. The molecule has 1 aromatic heterocycles. The predicted molar refractivity (Wildman–Crippen MR) is 169 cm³/mol. The van der Waals surface area contributed by atoms with Gasteiger partial charge in [-0.25, -0.2) is 18.2 Å². The van der Waals surface area contributed by atoms with Gasteiger partial charge in [-0.1, -0.05) is 41.9 Å². The third kappa shape index (κ3) is 7.91. The molecule has 2 N–H and O–H groups in total. The predicted octanol–water partition coefficient (Wildman–Crippen LogP) is 6.77.